The highest BCUT2D eigenvalue weighted by atomic mass is 32.1. The van der Waals surface area contributed by atoms with E-state index in [0.717, 1.165) is 59.9 Å². The summed E-state index contributed by atoms with van der Waals surface area (Å²) in [4.78, 5) is 14.0. The van der Waals surface area contributed by atoms with Gasteiger partial charge in [-0.3, -0.25) is 4.40 Å². The van der Waals surface area contributed by atoms with E-state index in [9.17, 15) is 0 Å². The van der Waals surface area contributed by atoms with E-state index in [1.54, 1.807) is 18.4 Å². The maximum Gasteiger partial charge on any atom is 0.203 e. The molecule has 0 unspecified atom stereocenters. The fraction of sp³-hybridized carbons (Fsp3) is 0.333. The van der Waals surface area contributed by atoms with Gasteiger partial charge in [-0.1, -0.05) is 11.3 Å². The Bertz CT molecular complexity index is 1110. The second-order valence-corrected chi connectivity index (χ2v) is 7.50. The minimum Gasteiger partial charge on any atom is -0.497 e. The van der Waals surface area contributed by atoms with Crippen molar-refractivity contribution >= 4 is 38.2 Å². The van der Waals surface area contributed by atoms with E-state index in [-0.39, 0.29) is 0 Å². The Hall–Kier alpha value is -2.94. The van der Waals surface area contributed by atoms with Gasteiger partial charge in [0.15, 0.2) is 10.9 Å². The van der Waals surface area contributed by atoms with Crippen molar-refractivity contribution in [3.05, 3.63) is 36.4 Å². The van der Waals surface area contributed by atoms with Gasteiger partial charge >= 0.3 is 0 Å². The summed E-state index contributed by atoms with van der Waals surface area (Å²) in [7, 11) is 1.68. The third kappa shape index (κ3) is 2.74. The number of hydrogen-bond acceptors (Lipinski definition) is 8. The first-order chi connectivity index (χ1) is 13.2. The fourth-order valence-corrected chi connectivity index (χ4v) is 4.42. The molecule has 1 aliphatic rings. The number of methoxy groups -OCH3 is 1. The predicted molar refractivity (Wildman–Crippen MR) is 106 cm³/mol. The van der Waals surface area contributed by atoms with Gasteiger partial charge in [-0.05, 0) is 19.1 Å². The Balaban J connectivity index is 1.36. The molecule has 1 fully saturated rings. The van der Waals surface area contributed by atoms with Crippen LogP contribution in [0.1, 0.15) is 5.82 Å². The van der Waals surface area contributed by atoms with Gasteiger partial charge in [-0.15, -0.1) is 10.2 Å². The zero-order chi connectivity index (χ0) is 18.4. The normalized spacial score (nSPS) is 15.0. The minimum absolute atomic E-state index is 0.815. The minimum atomic E-state index is 0.815. The summed E-state index contributed by atoms with van der Waals surface area (Å²) in [6, 6.07) is 6.04. The van der Waals surface area contributed by atoms with E-state index < -0.39 is 0 Å². The number of aromatic nitrogens is 5. The number of thiazole rings is 1. The summed E-state index contributed by atoms with van der Waals surface area (Å²) in [6.07, 6.45) is 3.71. The molecule has 1 aromatic carbocycles. The second kappa shape index (κ2) is 6.34. The van der Waals surface area contributed by atoms with Gasteiger partial charge in [0.05, 0.1) is 17.3 Å². The van der Waals surface area contributed by atoms with Crippen LogP contribution in [0.15, 0.2) is 30.6 Å². The fourth-order valence-electron chi connectivity index (χ4n) is 3.42. The highest BCUT2D eigenvalue weighted by Crippen LogP contribution is 2.32. The number of anilines is 2. The summed E-state index contributed by atoms with van der Waals surface area (Å²) in [5.74, 6) is 2.61. The lowest BCUT2D eigenvalue weighted by molar-refractivity contribution is 0.415. The Kier molecular flexibility index (Phi) is 3.82. The molecule has 0 saturated carbocycles. The molecule has 0 aliphatic carbocycles. The lowest BCUT2D eigenvalue weighted by Crippen LogP contribution is -2.47. The lowest BCUT2D eigenvalue weighted by Gasteiger charge is -2.35. The van der Waals surface area contributed by atoms with Crippen LogP contribution in [-0.2, 0) is 0 Å². The van der Waals surface area contributed by atoms with Crippen LogP contribution in [0, 0.1) is 6.92 Å². The van der Waals surface area contributed by atoms with Gasteiger partial charge < -0.3 is 14.5 Å². The Morgan fingerprint density at radius 2 is 1.89 bits per heavy atom. The summed E-state index contributed by atoms with van der Waals surface area (Å²) < 4.78 is 8.46. The molecule has 27 heavy (non-hydrogen) atoms. The number of piperazine rings is 1. The maximum absolute atomic E-state index is 5.30. The molecule has 0 spiro atoms. The Morgan fingerprint density at radius 3 is 2.70 bits per heavy atom. The quantitative estimate of drug-likeness (QED) is 0.539. The molecule has 9 heteroatoms. The number of fused-ring (bicyclic) bond motifs is 2. The van der Waals surface area contributed by atoms with Crippen LogP contribution in [0.3, 0.4) is 0 Å². The van der Waals surface area contributed by atoms with Crippen molar-refractivity contribution in [2.45, 2.75) is 6.92 Å². The number of aryl methyl sites for hydroxylation is 1. The van der Waals surface area contributed by atoms with E-state index in [1.165, 1.54) is 4.70 Å². The molecule has 3 aromatic heterocycles. The SMILES string of the molecule is COc1ccc2sc(N3CCN(c4nccn5c(C)nnc45)CC3)nc2c1. The van der Waals surface area contributed by atoms with Crippen LogP contribution >= 0.6 is 11.3 Å². The average molecular weight is 381 g/mol. The molecule has 1 aliphatic heterocycles. The monoisotopic (exact) mass is 381 g/mol. The van der Waals surface area contributed by atoms with Crippen LogP contribution in [-0.4, -0.2) is 57.9 Å². The molecule has 0 amide bonds. The van der Waals surface area contributed by atoms with Crippen molar-refractivity contribution in [1.82, 2.24) is 24.6 Å². The standard InChI is InChI=1S/C18H19N7OS/c1-12-21-22-17-16(19-5-6-25(12)17)23-7-9-24(10-8-23)18-20-14-11-13(26-2)3-4-15(14)27-18/h3-6,11H,7-10H2,1-2H3. The molecule has 0 atom stereocenters. The molecule has 0 bridgehead atoms. The first-order valence-electron chi connectivity index (χ1n) is 8.84. The molecule has 0 radical (unpaired) electrons. The third-order valence-electron chi connectivity index (χ3n) is 4.91. The van der Waals surface area contributed by atoms with Crippen LogP contribution in [0.4, 0.5) is 10.9 Å². The van der Waals surface area contributed by atoms with Crippen molar-refractivity contribution in [1.29, 1.82) is 0 Å². The first-order valence-corrected chi connectivity index (χ1v) is 9.65. The highest BCUT2D eigenvalue weighted by Gasteiger charge is 2.23. The summed E-state index contributed by atoms with van der Waals surface area (Å²) >= 11 is 1.72. The largest absolute Gasteiger partial charge is 0.497 e. The summed E-state index contributed by atoms with van der Waals surface area (Å²) in [6.45, 7) is 5.49. The molecular formula is C18H19N7OS. The number of nitrogens with zero attached hydrogens (tertiary/aromatic N) is 7. The lowest BCUT2D eigenvalue weighted by atomic mass is 10.3. The van der Waals surface area contributed by atoms with Crippen LogP contribution < -0.4 is 14.5 Å². The van der Waals surface area contributed by atoms with E-state index in [0.29, 0.717) is 0 Å². The predicted octanol–water partition coefficient (Wildman–Crippen LogP) is 2.38. The molecule has 8 nitrogen and oxygen atoms in total. The maximum atomic E-state index is 5.30. The Morgan fingerprint density at radius 1 is 1.07 bits per heavy atom. The van der Waals surface area contributed by atoms with Crippen LogP contribution in [0.25, 0.3) is 15.9 Å². The van der Waals surface area contributed by atoms with Crippen LogP contribution in [0.2, 0.25) is 0 Å². The molecule has 5 rings (SSSR count). The molecular weight excluding hydrogens is 362 g/mol. The van der Waals surface area contributed by atoms with Crippen molar-refractivity contribution in [3.8, 4) is 5.75 Å². The topological polar surface area (TPSA) is 71.7 Å². The van der Waals surface area contributed by atoms with Gasteiger partial charge in [0, 0.05) is 44.6 Å². The number of benzene rings is 1. The van der Waals surface area contributed by atoms with Crippen molar-refractivity contribution < 1.29 is 4.74 Å². The van der Waals surface area contributed by atoms with E-state index in [1.807, 2.05) is 35.9 Å². The van der Waals surface area contributed by atoms with Gasteiger partial charge in [0.2, 0.25) is 5.65 Å². The van der Waals surface area contributed by atoms with E-state index >= 15 is 0 Å². The van der Waals surface area contributed by atoms with E-state index in [4.69, 9.17) is 9.72 Å². The zero-order valence-corrected chi connectivity index (χ0v) is 16.0. The van der Waals surface area contributed by atoms with Crippen molar-refractivity contribution in [2.24, 2.45) is 0 Å². The van der Waals surface area contributed by atoms with E-state index in [2.05, 4.69) is 31.0 Å². The average Bonchev–Trinajstić information content (AvgIpc) is 3.31. The second-order valence-electron chi connectivity index (χ2n) is 6.50. The molecule has 0 N–H and O–H groups in total. The third-order valence-corrected chi connectivity index (χ3v) is 6.01. The first kappa shape index (κ1) is 16.2. The number of ether oxygens (including phenoxy) is 1. The molecule has 1 saturated heterocycles. The Labute approximate surface area is 160 Å². The van der Waals surface area contributed by atoms with Crippen molar-refractivity contribution in [3.63, 3.8) is 0 Å². The molecule has 4 aromatic rings. The molecule has 4 heterocycles. The summed E-state index contributed by atoms with van der Waals surface area (Å²) in [5.41, 5.74) is 1.80. The number of rotatable bonds is 3. The zero-order valence-electron chi connectivity index (χ0n) is 15.2. The summed E-state index contributed by atoms with van der Waals surface area (Å²) in [5, 5.41) is 9.52. The van der Waals surface area contributed by atoms with Gasteiger partial charge in [-0.2, -0.15) is 0 Å². The van der Waals surface area contributed by atoms with Gasteiger partial charge in [0.25, 0.3) is 0 Å². The number of hydrogen-bond donors (Lipinski definition) is 0. The van der Waals surface area contributed by atoms with Crippen LogP contribution in [0.5, 0.6) is 5.75 Å². The van der Waals surface area contributed by atoms with Gasteiger partial charge in [0.1, 0.15) is 11.6 Å². The molecule has 138 valence electrons. The highest BCUT2D eigenvalue weighted by molar-refractivity contribution is 7.22. The van der Waals surface area contributed by atoms with Gasteiger partial charge in [-0.25, -0.2) is 9.97 Å². The smallest absolute Gasteiger partial charge is 0.203 e. The van der Waals surface area contributed by atoms with Crippen molar-refractivity contribution in [2.75, 3.05) is 43.1 Å².